The zero-order valence-corrected chi connectivity index (χ0v) is 18.2. The molecule has 3 heterocycles. The van der Waals surface area contributed by atoms with E-state index in [0.29, 0.717) is 28.4 Å². The third-order valence-corrected chi connectivity index (χ3v) is 6.28. The number of para-hydroxylation sites is 1. The maximum Gasteiger partial charge on any atom is 0.267 e. The average Bonchev–Trinajstić information content (AvgIpc) is 3.25. The van der Waals surface area contributed by atoms with E-state index < -0.39 is 0 Å². The van der Waals surface area contributed by atoms with Crippen molar-refractivity contribution >= 4 is 39.9 Å². The minimum atomic E-state index is -0.194. The fourth-order valence-electron chi connectivity index (χ4n) is 3.03. The normalized spacial score (nSPS) is 11.0. The maximum absolute atomic E-state index is 13.2. The topological polar surface area (TPSA) is 68.1 Å². The number of nitrogens with zero attached hydrogens (tertiary/aromatic N) is 4. The summed E-state index contributed by atoms with van der Waals surface area (Å²) >= 11 is 2.86. The molecule has 0 radical (unpaired) electrons. The van der Waals surface area contributed by atoms with Crippen molar-refractivity contribution in [2.24, 2.45) is 0 Å². The number of hydrogen-bond donors (Lipinski definition) is 0. The van der Waals surface area contributed by atoms with Crippen molar-refractivity contribution in [1.29, 1.82) is 0 Å². The molecule has 6 nitrogen and oxygen atoms in total. The smallest absolute Gasteiger partial charge is 0.267 e. The summed E-state index contributed by atoms with van der Waals surface area (Å²) in [6, 6.07) is 12.9. The fraction of sp³-hybridized carbons (Fsp3) is 0.182. The van der Waals surface area contributed by atoms with Crippen molar-refractivity contribution in [2.45, 2.75) is 18.6 Å². The van der Waals surface area contributed by atoms with Crippen LogP contribution < -0.4 is 5.56 Å². The van der Waals surface area contributed by atoms with E-state index in [-0.39, 0.29) is 17.2 Å². The van der Waals surface area contributed by atoms with Gasteiger partial charge in [0, 0.05) is 19.8 Å². The second-order valence-corrected chi connectivity index (χ2v) is 8.64. The highest BCUT2D eigenvalue weighted by atomic mass is 32.2. The van der Waals surface area contributed by atoms with Crippen LogP contribution in [0.5, 0.6) is 0 Å². The average molecular weight is 437 g/mol. The summed E-state index contributed by atoms with van der Waals surface area (Å²) in [5.74, 6) is 0.647. The summed E-state index contributed by atoms with van der Waals surface area (Å²) in [6.45, 7) is 2.50. The Labute approximate surface area is 182 Å². The van der Waals surface area contributed by atoms with Gasteiger partial charge in [-0.25, -0.2) is 14.5 Å². The van der Waals surface area contributed by atoms with E-state index in [1.807, 2.05) is 48.0 Å². The van der Waals surface area contributed by atoms with Crippen LogP contribution in [-0.2, 0) is 11.3 Å². The van der Waals surface area contributed by atoms with Gasteiger partial charge in [0.05, 0.1) is 16.7 Å². The van der Waals surface area contributed by atoms with Crippen LogP contribution in [0.2, 0.25) is 0 Å². The van der Waals surface area contributed by atoms with Crippen molar-refractivity contribution in [3.05, 3.63) is 80.9 Å². The van der Waals surface area contributed by atoms with E-state index >= 15 is 0 Å². The summed E-state index contributed by atoms with van der Waals surface area (Å²) in [5, 5.41) is 5.00. The van der Waals surface area contributed by atoms with Crippen LogP contribution in [0.1, 0.15) is 11.1 Å². The van der Waals surface area contributed by atoms with Gasteiger partial charge < -0.3 is 4.90 Å². The molecule has 4 rings (SSSR count). The highest BCUT2D eigenvalue weighted by molar-refractivity contribution is 7.99. The Bertz CT molecular complexity index is 1250. The molecule has 0 atom stereocenters. The number of thiophene rings is 1. The molecule has 3 aromatic heterocycles. The molecule has 0 spiro atoms. The molecule has 4 aromatic rings. The van der Waals surface area contributed by atoms with E-state index in [9.17, 15) is 9.59 Å². The van der Waals surface area contributed by atoms with Crippen molar-refractivity contribution in [2.75, 3.05) is 12.8 Å². The van der Waals surface area contributed by atoms with E-state index in [4.69, 9.17) is 0 Å². The molecule has 0 bridgehead atoms. The summed E-state index contributed by atoms with van der Waals surface area (Å²) in [7, 11) is 1.78. The maximum atomic E-state index is 13.2. The quantitative estimate of drug-likeness (QED) is 0.339. The summed E-state index contributed by atoms with van der Waals surface area (Å²) in [4.78, 5) is 36.6. The SMILES string of the molecule is Cc1ccnc(-n2c(SCC(=O)N(C)Cc3ccsc3)nc3ccccc3c2=O)c1. The van der Waals surface area contributed by atoms with Gasteiger partial charge in [-0.15, -0.1) is 0 Å². The van der Waals surface area contributed by atoms with Crippen LogP contribution in [0.4, 0.5) is 0 Å². The van der Waals surface area contributed by atoms with Crippen LogP contribution in [0.25, 0.3) is 16.7 Å². The Morgan fingerprint density at radius 2 is 2.07 bits per heavy atom. The number of carbonyl (C=O) groups is 1. The van der Waals surface area contributed by atoms with Crippen molar-refractivity contribution in [3.63, 3.8) is 0 Å². The minimum absolute atomic E-state index is 0.0302. The third-order valence-electron chi connectivity index (χ3n) is 4.63. The molecule has 0 aliphatic rings. The van der Waals surface area contributed by atoms with Crippen molar-refractivity contribution in [1.82, 2.24) is 19.4 Å². The van der Waals surface area contributed by atoms with Gasteiger partial charge in [-0.1, -0.05) is 23.9 Å². The number of aryl methyl sites for hydroxylation is 1. The van der Waals surface area contributed by atoms with Gasteiger partial charge in [0.1, 0.15) is 5.82 Å². The molecule has 152 valence electrons. The number of aromatic nitrogens is 3. The van der Waals surface area contributed by atoms with Crippen LogP contribution in [0.15, 0.2) is 69.4 Å². The molecule has 0 saturated heterocycles. The van der Waals surface area contributed by atoms with Crippen LogP contribution in [-0.4, -0.2) is 38.1 Å². The number of pyridine rings is 1. The Kier molecular flexibility index (Phi) is 5.96. The fourth-order valence-corrected chi connectivity index (χ4v) is 4.64. The molecule has 8 heteroatoms. The highest BCUT2D eigenvalue weighted by Gasteiger charge is 2.17. The van der Waals surface area contributed by atoms with Gasteiger partial charge in [0.15, 0.2) is 5.16 Å². The largest absolute Gasteiger partial charge is 0.341 e. The zero-order chi connectivity index (χ0) is 21.1. The number of thioether (sulfide) groups is 1. The van der Waals surface area contributed by atoms with Crippen LogP contribution >= 0.6 is 23.1 Å². The lowest BCUT2D eigenvalue weighted by molar-refractivity contribution is -0.127. The summed E-state index contributed by atoms with van der Waals surface area (Å²) in [5.41, 5.74) is 2.50. The van der Waals surface area contributed by atoms with Gasteiger partial charge in [0.25, 0.3) is 5.56 Å². The lowest BCUT2D eigenvalue weighted by Gasteiger charge is -2.17. The molecule has 0 N–H and O–H groups in total. The van der Waals surface area contributed by atoms with Gasteiger partial charge >= 0.3 is 0 Å². The number of hydrogen-bond acceptors (Lipinski definition) is 6. The van der Waals surface area contributed by atoms with E-state index in [2.05, 4.69) is 9.97 Å². The number of fused-ring (bicyclic) bond motifs is 1. The first-order valence-corrected chi connectivity index (χ1v) is 11.3. The predicted molar refractivity (Wildman–Crippen MR) is 121 cm³/mol. The second-order valence-electron chi connectivity index (χ2n) is 6.91. The number of rotatable bonds is 6. The monoisotopic (exact) mass is 436 g/mol. The molecule has 0 fully saturated rings. The zero-order valence-electron chi connectivity index (χ0n) is 16.6. The highest BCUT2D eigenvalue weighted by Crippen LogP contribution is 2.21. The third kappa shape index (κ3) is 4.29. The lowest BCUT2D eigenvalue weighted by atomic mass is 10.2. The number of amides is 1. The molecular weight excluding hydrogens is 416 g/mol. The molecule has 1 aromatic carbocycles. The molecule has 0 unspecified atom stereocenters. The summed E-state index contributed by atoms with van der Waals surface area (Å²) < 4.78 is 1.49. The van der Waals surface area contributed by atoms with E-state index in [1.54, 1.807) is 41.6 Å². The van der Waals surface area contributed by atoms with Gasteiger partial charge in [-0.2, -0.15) is 11.3 Å². The molecule has 0 aliphatic heterocycles. The number of benzene rings is 1. The van der Waals surface area contributed by atoms with Crippen molar-refractivity contribution in [3.8, 4) is 5.82 Å². The standard InChI is InChI=1S/C22H20N4O2S2/c1-15-7-9-23-19(11-15)26-21(28)17-5-3-4-6-18(17)24-22(26)30-14-20(27)25(2)12-16-8-10-29-13-16/h3-11,13H,12,14H2,1-2H3. The lowest BCUT2D eigenvalue weighted by Crippen LogP contribution is -2.28. The van der Waals surface area contributed by atoms with E-state index in [1.165, 1.54) is 16.3 Å². The van der Waals surface area contributed by atoms with E-state index in [0.717, 1.165) is 11.1 Å². The van der Waals surface area contributed by atoms with Crippen LogP contribution in [0.3, 0.4) is 0 Å². The summed E-state index contributed by atoms with van der Waals surface area (Å²) in [6.07, 6.45) is 1.67. The predicted octanol–water partition coefficient (Wildman–Crippen LogP) is 3.90. The minimum Gasteiger partial charge on any atom is -0.341 e. The van der Waals surface area contributed by atoms with Gasteiger partial charge in [-0.3, -0.25) is 9.59 Å². The Balaban J connectivity index is 1.66. The second kappa shape index (κ2) is 8.81. The first kappa shape index (κ1) is 20.3. The molecule has 0 aliphatic carbocycles. The first-order chi connectivity index (χ1) is 14.5. The molecule has 30 heavy (non-hydrogen) atoms. The Hall–Kier alpha value is -2.97. The van der Waals surface area contributed by atoms with Crippen LogP contribution in [0, 0.1) is 6.92 Å². The molecule has 1 amide bonds. The number of carbonyl (C=O) groups excluding carboxylic acids is 1. The van der Waals surface area contributed by atoms with Gasteiger partial charge in [0.2, 0.25) is 5.91 Å². The van der Waals surface area contributed by atoms with Gasteiger partial charge in [-0.05, 0) is 59.1 Å². The molecule has 0 saturated carbocycles. The Morgan fingerprint density at radius 1 is 1.23 bits per heavy atom. The Morgan fingerprint density at radius 3 is 2.83 bits per heavy atom. The van der Waals surface area contributed by atoms with Crippen molar-refractivity contribution < 1.29 is 4.79 Å². The molecular formula is C22H20N4O2S2. The first-order valence-electron chi connectivity index (χ1n) is 9.35.